The van der Waals surface area contributed by atoms with Crippen molar-refractivity contribution in [1.29, 1.82) is 0 Å². The van der Waals surface area contributed by atoms with E-state index in [1.165, 1.54) is 28.6 Å². The number of hydrogen-bond acceptors (Lipinski definition) is 7. The van der Waals surface area contributed by atoms with E-state index in [0.717, 1.165) is 6.42 Å². The van der Waals surface area contributed by atoms with Crippen molar-refractivity contribution in [1.82, 2.24) is 10.1 Å². The maximum atomic E-state index is 13.4. The lowest BCUT2D eigenvalue weighted by Crippen LogP contribution is -2.32. The molecule has 0 aliphatic carbocycles. The van der Waals surface area contributed by atoms with E-state index in [9.17, 15) is 13.2 Å². The average molecular weight is 444 g/mol. The molecule has 0 saturated heterocycles. The van der Waals surface area contributed by atoms with Crippen molar-refractivity contribution in [3.63, 3.8) is 0 Å². The van der Waals surface area contributed by atoms with Crippen LogP contribution in [0.4, 0.5) is 5.69 Å². The second-order valence-electron chi connectivity index (χ2n) is 6.83. The number of hydrogen-bond donors (Lipinski definition) is 0. The van der Waals surface area contributed by atoms with Crippen molar-refractivity contribution in [3.8, 4) is 0 Å². The molecule has 0 aliphatic rings. The van der Waals surface area contributed by atoms with Gasteiger partial charge in [-0.3, -0.25) is 4.31 Å². The predicted molar refractivity (Wildman–Crippen MR) is 115 cm³/mol. The van der Waals surface area contributed by atoms with E-state index in [1.54, 1.807) is 24.3 Å². The molecule has 0 N–H and O–H groups in total. The fraction of sp³-hybridized carbons (Fsp3) is 0.318. The minimum absolute atomic E-state index is 0.0213. The molecule has 2 aromatic carbocycles. The van der Waals surface area contributed by atoms with Crippen LogP contribution in [-0.4, -0.2) is 31.1 Å². The molecule has 1 heterocycles. The van der Waals surface area contributed by atoms with Crippen LogP contribution in [0, 0.1) is 0 Å². The van der Waals surface area contributed by atoms with Gasteiger partial charge in [0.1, 0.15) is 0 Å². The number of rotatable bonds is 10. The number of sulfonamides is 1. The molecule has 0 radical (unpaired) electrons. The quantitative estimate of drug-likeness (QED) is 0.437. The first-order chi connectivity index (χ1) is 15.0. The van der Waals surface area contributed by atoms with E-state index in [-0.39, 0.29) is 23.0 Å². The van der Waals surface area contributed by atoms with Gasteiger partial charge in [-0.2, -0.15) is 4.98 Å². The van der Waals surface area contributed by atoms with Gasteiger partial charge in [0, 0.05) is 13.0 Å². The summed E-state index contributed by atoms with van der Waals surface area (Å²) in [6, 6.07) is 14.7. The number of para-hydroxylation sites is 1. The lowest BCUT2D eigenvalue weighted by molar-refractivity contribution is 0.0429. The van der Waals surface area contributed by atoms with Crippen molar-refractivity contribution < 1.29 is 22.5 Å². The Hall–Kier alpha value is -3.20. The number of unbranched alkanes of at least 4 members (excludes halogenated alkanes) is 1. The number of aryl methyl sites for hydroxylation is 1. The molecule has 0 fully saturated rings. The lowest BCUT2D eigenvalue weighted by Gasteiger charge is -2.24. The molecule has 3 aromatic rings. The molecule has 0 unspecified atom stereocenters. The molecular formula is C22H25N3O5S. The molecule has 31 heavy (non-hydrogen) atoms. The summed E-state index contributed by atoms with van der Waals surface area (Å²) in [6.45, 7) is 4.04. The van der Waals surface area contributed by atoms with Crippen LogP contribution in [0.3, 0.4) is 0 Å². The van der Waals surface area contributed by atoms with Crippen LogP contribution in [0.15, 0.2) is 64.0 Å². The van der Waals surface area contributed by atoms with Gasteiger partial charge in [-0.05, 0) is 36.8 Å². The molecule has 0 saturated carbocycles. The summed E-state index contributed by atoms with van der Waals surface area (Å²) in [7, 11) is -3.86. The lowest BCUT2D eigenvalue weighted by atomic mass is 10.2. The molecule has 9 heteroatoms. The van der Waals surface area contributed by atoms with Gasteiger partial charge in [0.05, 0.1) is 16.1 Å². The summed E-state index contributed by atoms with van der Waals surface area (Å²) in [5.41, 5.74) is 0.701. The Morgan fingerprint density at radius 1 is 1.10 bits per heavy atom. The molecule has 0 aliphatic heterocycles. The van der Waals surface area contributed by atoms with E-state index in [2.05, 4.69) is 10.1 Å². The Morgan fingerprint density at radius 3 is 2.55 bits per heavy atom. The predicted octanol–water partition coefficient (Wildman–Crippen LogP) is 3.98. The molecule has 8 nitrogen and oxygen atoms in total. The highest BCUT2D eigenvalue weighted by Crippen LogP contribution is 2.25. The third-order valence-electron chi connectivity index (χ3n) is 4.57. The number of anilines is 1. The number of nitrogens with zero attached hydrogens (tertiary/aromatic N) is 3. The molecular weight excluding hydrogens is 418 g/mol. The Balaban J connectivity index is 1.81. The maximum Gasteiger partial charge on any atom is 0.338 e. The summed E-state index contributed by atoms with van der Waals surface area (Å²) < 4.78 is 38.3. The van der Waals surface area contributed by atoms with Crippen molar-refractivity contribution in [2.24, 2.45) is 0 Å². The Bertz CT molecular complexity index is 1110. The van der Waals surface area contributed by atoms with Crippen molar-refractivity contribution >= 4 is 21.7 Å². The highest BCUT2D eigenvalue weighted by Gasteiger charge is 2.25. The number of carbonyl (C=O) groups is 1. The van der Waals surface area contributed by atoms with Crippen LogP contribution in [0.25, 0.3) is 0 Å². The van der Waals surface area contributed by atoms with E-state index in [0.29, 0.717) is 30.9 Å². The van der Waals surface area contributed by atoms with Crippen LogP contribution in [0.5, 0.6) is 0 Å². The minimum atomic E-state index is -3.86. The highest BCUT2D eigenvalue weighted by molar-refractivity contribution is 7.92. The molecule has 0 amide bonds. The van der Waals surface area contributed by atoms with Crippen LogP contribution in [-0.2, 0) is 27.8 Å². The van der Waals surface area contributed by atoms with E-state index in [1.807, 2.05) is 19.9 Å². The smallest absolute Gasteiger partial charge is 0.338 e. The molecule has 1 aromatic heterocycles. The molecule has 0 atom stereocenters. The number of ether oxygens (including phenoxy) is 1. The number of esters is 1. The van der Waals surface area contributed by atoms with E-state index < -0.39 is 16.0 Å². The fourth-order valence-corrected chi connectivity index (χ4v) is 4.45. The van der Waals surface area contributed by atoms with Gasteiger partial charge in [0.15, 0.2) is 12.4 Å². The fourth-order valence-electron chi connectivity index (χ4n) is 2.90. The molecule has 3 rings (SSSR count). The third-order valence-corrected chi connectivity index (χ3v) is 6.39. The summed E-state index contributed by atoms with van der Waals surface area (Å²) in [5.74, 6) is 0.0316. The van der Waals surface area contributed by atoms with Crippen LogP contribution in [0.2, 0.25) is 0 Å². The molecule has 0 spiro atoms. The second kappa shape index (κ2) is 10.2. The third kappa shape index (κ3) is 5.49. The molecule has 164 valence electrons. The monoisotopic (exact) mass is 443 g/mol. The zero-order valence-electron chi connectivity index (χ0n) is 17.5. The first kappa shape index (κ1) is 22.5. The van der Waals surface area contributed by atoms with Gasteiger partial charge < -0.3 is 9.26 Å². The Labute approximate surface area is 181 Å². The largest absolute Gasteiger partial charge is 0.452 e. The highest BCUT2D eigenvalue weighted by atomic mass is 32.2. The van der Waals surface area contributed by atoms with Crippen molar-refractivity contribution in [2.45, 2.75) is 44.6 Å². The van der Waals surface area contributed by atoms with Crippen molar-refractivity contribution in [3.05, 3.63) is 71.9 Å². The topological polar surface area (TPSA) is 103 Å². The van der Waals surface area contributed by atoms with Crippen LogP contribution in [0.1, 0.15) is 48.8 Å². The Morgan fingerprint density at radius 2 is 1.87 bits per heavy atom. The van der Waals surface area contributed by atoms with Crippen LogP contribution >= 0.6 is 0 Å². The average Bonchev–Trinajstić information content (AvgIpc) is 3.26. The number of carbonyl (C=O) groups excluding carboxylic acids is 1. The van der Waals surface area contributed by atoms with Gasteiger partial charge >= 0.3 is 5.97 Å². The second-order valence-corrected chi connectivity index (χ2v) is 8.69. The Kier molecular flexibility index (Phi) is 7.41. The van der Waals surface area contributed by atoms with Gasteiger partial charge in [-0.1, -0.05) is 49.7 Å². The molecule has 0 bridgehead atoms. The van der Waals surface area contributed by atoms with Crippen molar-refractivity contribution in [2.75, 3.05) is 10.8 Å². The first-order valence-corrected chi connectivity index (χ1v) is 11.6. The SMILES string of the molecule is CCCCN(c1ccccc1)S(=O)(=O)c1cccc(C(=O)OCc2nc(CC)no2)c1. The summed E-state index contributed by atoms with van der Waals surface area (Å²) in [5, 5.41) is 3.74. The zero-order chi connectivity index (χ0) is 22.3. The maximum absolute atomic E-state index is 13.4. The summed E-state index contributed by atoms with van der Waals surface area (Å²) in [6.07, 6.45) is 2.16. The van der Waals surface area contributed by atoms with E-state index >= 15 is 0 Å². The number of benzene rings is 2. The summed E-state index contributed by atoms with van der Waals surface area (Å²) >= 11 is 0. The number of aromatic nitrogens is 2. The normalized spacial score (nSPS) is 11.3. The zero-order valence-corrected chi connectivity index (χ0v) is 18.3. The first-order valence-electron chi connectivity index (χ1n) is 10.1. The summed E-state index contributed by atoms with van der Waals surface area (Å²) in [4.78, 5) is 16.6. The van der Waals surface area contributed by atoms with Crippen LogP contribution < -0.4 is 4.31 Å². The van der Waals surface area contributed by atoms with Gasteiger partial charge in [-0.15, -0.1) is 0 Å². The minimum Gasteiger partial charge on any atom is -0.452 e. The van der Waals surface area contributed by atoms with Gasteiger partial charge in [0.25, 0.3) is 15.9 Å². The van der Waals surface area contributed by atoms with Gasteiger partial charge in [-0.25, -0.2) is 13.2 Å². The van der Waals surface area contributed by atoms with Gasteiger partial charge in [0.2, 0.25) is 0 Å². The standard InChI is InChI=1S/C22H25N3O5S/c1-3-5-14-25(18-11-7-6-8-12-18)31(27,28)19-13-9-10-17(15-19)22(26)29-16-21-23-20(4-2)24-30-21/h6-13,15H,3-5,14,16H2,1-2H3. The van der Waals surface area contributed by atoms with E-state index in [4.69, 9.17) is 9.26 Å².